The van der Waals surface area contributed by atoms with Crippen LogP contribution in [0.5, 0.6) is 0 Å². The Morgan fingerprint density at radius 1 is 1.09 bits per heavy atom. The topological polar surface area (TPSA) is 86.2 Å². The number of hydrogen-bond acceptors (Lipinski definition) is 6. The summed E-state index contributed by atoms with van der Waals surface area (Å²) in [6, 6.07) is 0. The van der Waals surface area contributed by atoms with Crippen molar-refractivity contribution in [3.63, 3.8) is 0 Å². The van der Waals surface area contributed by atoms with Gasteiger partial charge in [0.2, 0.25) is 0 Å². The average Bonchev–Trinajstić information content (AvgIpc) is 1.60. The van der Waals surface area contributed by atoms with Gasteiger partial charge in [0, 0.05) is 0 Å². The predicted molar refractivity (Wildman–Crippen MR) is 49.7 cm³/mol. The molecule has 0 rings (SSSR count). The van der Waals surface area contributed by atoms with Crippen LogP contribution in [0.4, 0.5) is 0 Å². The van der Waals surface area contributed by atoms with Crippen LogP contribution < -0.4 is 11.5 Å². The van der Waals surface area contributed by atoms with E-state index in [4.69, 9.17) is 6.80 Å². The van der Waals surface area contributed by atoms with Crippen LogP contribution in [-0.4, -0.2) is 8.64 Å². The zero-order chi connectivity index (χ0) is 9.86. The van der Waals surface area contributed by atoms with Gasteiger partial charge in [-0.2, -0.15) is 0 Å². The van der Waals surface area contributed by atoms with Crippen LogP contribution in [0.3, 0.4) is 0 Å². The molecular formula is C2H4MoN2O2S4. The minimum atomic E-state index is -2.03. The van der Waals surface area contributed by atoms with Gasteiger partial charge in [0.25, 0.3) is 0 Å². The van der Waals surface area contributed by atoms with Crippen molar-refractivity contribution in [3.8, 4) is 0 Å². The van der Waals surface area contributed by atoms with Crippen molar-refractivity contribution in [2.75, 3.05) is 0 Å². The van der Waals surface area contributed by atoms with Crippen LogP contribution in [0.15, 0.2) is 0 Å². The summed E-state index contributed by atoms with van der Waals surface area (Å²) >= 11 is 14.5. The summed E-state index contributed by atoms with van der Waals surface area (Å²) in [4.78, 5) is 0. The van der Waals surface area contributed by atoms with E-state index >= 15 is 0 Å². The molecule has 0 amide bonds. The van der Waals surface area contributed by atoms with Crippen molar-refractivity contribution in [2.45, 2.75) is 0 Å². The molecule has 4 N–H and O–H groups in total. The van der Waals surface area contributed by atoms with Gasteiger partial charge < -0.3 is 61.2 Å². The first kappa shape index (κ1) is 17.6. The van der Waals surface area contributed by atoms with Gasteiger partial charge >= 0.3 is 25.3 Å². The standard InChI is InChI=1S/2CH3NS2.Mo.2O/c2*2-1(3)4;;;/h2*(H3,2,3,4);;;/q;;+2;;/p-2. The Morgan fingerprint density at radius 3 is 1.09 bits per heavy atom. The van der Waals surface area contributed by atoms with Crippen LogP contribution in [-0.2, 0) is 50.5 Å². The quantitative estimate of drug-likeness (QED) is 0.345. The maximum absolute atomic E-state index is 8.50. The fourth-order valence-electron chi connectivity index (χ4n) is 0. The number of nitrogens with two attached hydrogens (primary N) is 2. The third-order valence-electron chi connectivity index (χ3n) is 0. The molecule has 0 atom stereocenters. The zero-order valence-electron chi connectivity index (χ0n) is 5.01. The minimum absolute atomic E-state index is 0.0833. The van der Waals surface area contributed by atoms with Gasteiger partial charge in [-0.25, -0.2) is 0 Å². The second kappa shape index (κ2) is 16.9. The summed E-state index contributed by atoms with van der Waals surface area (Å²) < 4.78 is 17.2. The molecular weight excluding hydrogens is 308 g/mol. The molecule has 0 unspecified atom stereocenters. The third-order valence-corrected chi connectivity index (χ3v) is 0. The fraction of sp³-hybridized carbons (Fsp3) is 0. The Morgan fingerprint density at radius 2 is 1.09 bits per heavy atom. The van der Waals surface area contributed by atoms with Crippen LogP contribution in [0, 0.1) is 0 Å². The van der Waals surface area contributed by atoms with Crippen molar-refractivity contribution in [1.82, 2.24) is 0 Å². The molecule has 0 aromatic rings. The van der Waals surface area contributed by atoms with Crippen LogP contribution >= 0.6 is 24.4 Å². The molecule has 0 aliphatic rings. The van der Waals surface area contributed by atoms with Gasteiger partial charge in [0.1, 0.15) is 0 Å². The molecule has 0 fully saturated rings. The molecule has 0 aliphatic heterocycles. The molecule has 0 aliphatic carbocycles. The van der Waals surface area contributed by atoms with Crippen molar-refractivity contribution in [3.05, 3.63) is 0 Å². The third kappa shape index (κ3) is 2940. The Kier molecular flexibility index (Phi) is 26.9. The average molecular weight is 312 g/mol. The van der Waals surface area contributed by atoms with Gasteiger partial charge in [-0.3, -0.25) is 0 Å². The molecule has 4 nitrogen and oxygen atoms in total. The van der Waals surface area contributed by atoms with Crippen molar-refractivity contribution < 1.29 is 25.3 Å². The van der Waals surface area contributed by atoms with Crippen molar-refractivity contribution in [2.24, 2.45) is 11.5 Å². The fourth-order valence-corrected chi connectivity index (χ4v) is 0. The molecule has 0 radical (unpaired) electrons. The summed E-state index contributed by atoms with van der Waals surface area (Å²) in [7, 11) is 0. The first-order chi connectivity index (χ1) is 4.88. The zero-order valence-corrected chi connectivity index (χ0v) is 10.3. The van der Waals surface area contributed by atoms with E-state index in [0.29, 0.717) is 0 Å². The van der Waals surface area contributed by atoms with Gasteiger partial charge in [-0.15, -0.1) is 0 Å². The van der Waals surface area contributed by atoms with Gasteiger partial charge in [-0.05, 0) is 0 Å². The van der Waals surface area contributed by atoms with E-state index in [2.05, 4.69) is 61.2 Å². The van der Waals surface area contributed by atoms with E-state index in [1.165, 1.54) is 0 Å². The number of rotatable bonds is 0. The Bertz CT molecular complexity index is 136. The van der Waals surface area contributed by atoms with Crippen LogP contribution in [0.25, 0.3) is 0 Å². The summed E-state index contributed by atoms with van der Waals surface area (Å²) in [5.74, 6) is 0. The predicted octanol–water partition coefficient (Wildman–Crippen LogP) is -0.686. The molecule has 11 heavy (non-hydrogen) atoms. The number of hydrogen-bond donors (Lipinski definition) is 2. The second-order valence-electron chi connectivity index (χ2n) is 0.706. The molecule has 9 heteroatoms. The van der Waals surface area contributed by atoms with Crippen LogP contribution in [0.1, 0.15) is 0 Å². The van der Waals surface area contributed by atoms with Gasteiger partial charge in [-0.1, -0.05) is 8.64 Å². The van der Waals surface area contributed by atoms with E-state index in [1.807, 2.05) is 0 Å². The Labute approximate surface area is 94.4 Å². The molecule has 0 saturated heterocycles. The normalized spacial score (nSPS) is 5.09. The second-order valence-corrected chi connectivity index (χ2v) is 3.32. The molecule has 64 valence electrons. The molecule has 0 saturated carbocycles. The molecule has 0 bridgehead atoms. The van der Waals surface area contributed by atoms with Gasteiger partial charge in [0.05, 0.1) is 0 Å². The monoisotopic (exact) mass is 314 g/mol. The Balaban J connectivity index is -0.0000000886. The van der Waals surface area contributed by atoms with Crippen molar-refractivity contribution in [1.29, 1.82) is 0 Å². The number of thiocarbonyl (C=S) groups is 2. The molecule has 0 spiro atoms. The SMILES string of the molecule is NC(=S)[S-].NC(=S)[S-].[O]=[Mo+2]=[O]. The van der Waals surface area contributed by atoms with Crippen LogP contribution in [0.2, 0.25) is 0 Å². The summed E-state index contributed by atoms with van der Waals surface area (Å²) in [6.45, 7) is 0. The first-order valence-electron chi connectivity index (χ1n) is 1.73. The molecule has 0 heterocycles. The molecule has 0 aromatic heterocycles. The van der Waals surface area contributed by atoms with E-state index < -0.39 is 18.5 Å². The molecule has 0 aromatic carbocycles. The summed E-state index contributed by atoms with van der Waals surface area (Å²) in [5.41, 5.74) is 9.31. The van der Waals surface area contributed by atoms with E-state index in [-0.39, 0.29) is 8.64 Å². The van der Waals surface area contributed by atoms with E-state index in [9.17, 15) is 0 Å². The maximum atomic E-state index is 8.50. The van der Waals surface area contributed by atoms with E-state index in [1.54, 1.807) is 0 Å². The van der Waals surface area contributed by atoms with Crippen molar-refractivity contribution >= 4 is 58.3 Å². The van der Waals surface area contributed by atoms with E-state index in [0.717, 1.165) is 0 Å². The van der Waals surface area contributed by atoms with Gasteiger partial charge in [0.15, 0.2) is 0 Å². The Hall–Kier alpha value is 0.508. The first-order valence-corrected chi connectivity index (χ1v) is 5.00. The summed E-state index contributed by atoms with van der Waals surface area (Å²) in [6.07, 6.45) is 0. The summed E-state index contributed by atoms with van der Waals surface area (Å²) in [5, 5.41) is 0.